The van der Waals surface area contributed by atoms with Gasteiger partial charge in [0.25, 0.3) is 0 Å². The third-order valence-corrected chi connectivity index (χ3v) is 8.68. The highest BCUT2D eigenvalue weighted by atomic mass is 32.2. The second kappa shape index (κ2) is 16.0. The number of hydrogen-bond donors (Lipinski definition) is 3. The number of urea groups is 1. The first-order valence-corrected chi connectivity index (χ1v) is 14.9. The minimum absolute atomic E-state index is 0.00518. The zero-order valence-corrected chi connectivity index (χ0v) is 22.6. The van der Waals surface area contributed by atoms with Crippen LogP contribution in [-0.4, -0.2) is 77.3 Å². The average molecular weight is 539 g/mol. The van der Waals surface area contributed by atoms with Crippen LogP contribution in [-0.2, 0) is 24.0 Å². The van der Waals surface area contributed by atoms with Crippen molar-refractivity contribution >= 4 is 41.2 Å². The van der Waals surface area contributed by atoms with Gasteiger partial charge in [-0.15, -0.1) is 5.06 Å². The number of carbonyl (C=O) groups excluding carboxylic acids is 5. The number of ketones is 2. The Morgan fingerprint density at radius 1 is 0.892 bits per heavy atom. The van der Waals surface area contributed by atoms with Crippen LogP contribution in [0, 0.1) is 0 Å². The minimum Gasteiger partial charge on any atom is -0.362 e. The lowest BCUT2D eigenvalue weighted by atomic mass is 10.0. The Balaban J connectivity index is 1.08. The van der Waals surface area contributed by atoms with Crippen molar-refractivity contribution in [2.75, 3.05) is 25.4 Å². The standard InChI is InChI=1S/C26H42N4O6S/c31-19(13-14-21(32)25(34)36-30-16-8-9-17-30)10-4-2-1-3-7-15-27-23(33)12-6-5-11-22-24-20(18-37-22)28-26(35)29-24/h20,22,24H,1-18H2,(H,27,33)(H2,28,29,35)/t20-,22?,24-/m0/s1. The van der Waals surface area contributed by atoms with Crippen molar-refractivity contribution in [3.05, 3.63) is 0 Å². The van der Waals surface area contributed by atoms with E-state index in [0.29, 0.717) is 37.7 Å². The van der Waals surface area contributed by atoms with E-state index in [-0.39, 0.29) is 42.6 Å². The number of amides is 3. The number of hydroxylamine groups is 2. The minimum atomic E-state index is -0.860. The zero-order chi connectivity index (χ0) is 26.5. The van der Waals surface area contributed by atoms with Gasteiger partial charge < -0.3 is 20.8 Å². The monoisotopic (exact) mass is 538 g/mol. The highest BCUT2D eigenvalue weighted by Crippen LogP contribution is 2.33. The lowest BCUT2D eigenvalue weighted by Crippen LogP contribution is -2.36. The number of unbranched alkanes of at least 4 members (excludes halogenated alkanes) is 5. The largest absolute Gasteiger partial charge is 0.393 e. The molecule has 3 saturated heterocycles. The summed E-state index contributed by atoms with van der Waals surface area (Å²) in [4.78, 5) is 64.0. The molecule has 3 heterocycles. The molecule has 3 N–H and O–H groups in total. The number of nitrogens with zero attached hydrogens (tertiary/aromatic N) is 1. The summed E-state index contributed by atoms with van der Waals surface area (Å²) in [7, 11) is 0. The van der Waals surface area contributed by atoms with Crippen molar-refractivity contribution in [3.63, 3.8) is 0 Å². The van der Waals surface area contributed by atoms with Gasteiger partial charge in [-0.1, -0.05) is 25.7 Å². The molecule has 0 spiro atoms. The van der Waals surface area contributed by atoms with E-state index in [9.17, 15) is 24.0 Å². The van der Waals surface area contributed by atoms with E-state index < -0.39 is 11.8 Å². The number of nitrogens with one attached hydrogen (secondary N) is 3. The zero-order valence-electron chi connectivity index (χ0n) is 21.8. The molecular weight excluding hydrogens is 496 g/mol. The van der Waals surface area contributed by atoms with Gasteiger partial charge >= 0.3 is 12.0 Å². The second-order valence-corrected chi connectivity index (χ2v) is 11.5. The van der Waals surface area contributed by atoms with Gasteiger partial charge in [0, 0.05) is 56.3 Å². The summed E-state index contributed by atoms with van der Waals surface area (Å²) in [5.74, 6) is -0.433. The first-order chi connectivity index (χ1) is 17.9. The summed E-state index contributed by atoms with van der Waals surface area (Å²) in [6, 6.07) is 0.414. The number of thioether (sulfide) groups is 1. The smallest absolute Gasteiger partial charge is 0.362 e. The summed E-state index contributed by atoms with van der Waals surface area (Å²) < 4.78 is 0. The van der Waals surface area contributed by atoms with Gasteiger partial charge in [0.05, 0.1) is 12.1 Å². The van der Waals surface area contributed by atoms with E-state index >= 15 is 0 Å². The van der Waals surface area contributed by atoms with E-state index in [1.807, 2.05) is 11.8 Å². The SMILES string of the molecule is O=C(CCCCCCCNC(=O)CCCCC1SC[C@@H]2NC(=O)N[C@H]12)CCC(=O)C(=O)ON1CCCC1. The first kappa shape index (κ1) is 29.4. The number of carbonyl (C=O) groups is 5. The molecule has 3 amide bonds. The molecular formula is C26H42N4O6S. The molecule has 0 aliphatic carbocycles. The summed E-state index contributed by atoms with van der Waals surface area (Å²) in [5.41, 5.74) is 0. The molecule has 0 radical (unpaired) electrons. The Morgan fingerprint density at radius 3 is 2.43 bits per heavy atom. The van der Waals surface area contributed by atoms with Crippen LogP contribution in [0.3, 0.4) is 0 Å². The van der Waals surface area contributed by atoms with Gasteiger partial charge in [0.2, 0.25) is 11.7 Å². The Bertz CT molecular complexity index is 804. The maximum absolute atomic E-state index is 12.0. The van der Waals surface area contributed by atoms with Crippen molar-refractivity contribution in [2.45, 2.75) is 107 Å². The molecule has 10 nitrogen and oxygen atoms in total. The van der Waals surface area contributed by atoms with Crippen LogP contribution in [0.4, 0.5) is 4.79 Å². The third kappa shape index (κ3) is 10.6. The van der Waals surface area contributed by atoms with Crippen LogP contribution in [0.15, 0.2) is 0 Å². The fourth-order valence-corrected chi connectivity index (χ4v) is 6.54. The van der Waals surface area contributed by atoms with Gasteiger partial charge in [0.1, 0.15) is 5.78 Å². The number of fused-ring (bicyclic) bond motifs is 1. The summed E-state index contributed by atoms with van der Waals surface area (Å²) in [6.07, 6.45) is 10.4. The lowest BCUT2D eigenvalue weighted by molar-refractivity contribution is -0.187. The van der Waals surface area contributed by atoms with Crippen LogP contribution in [0.5, 0.6) is 0 Å². The highest BCUT2D eigenvalue weighted by molar-refractivity contribution is 8.00. The van der Waals surface area contributed by atoms with Gasteiger partial charge in [0.15, 0.2) is 0 Å². The van der Waals surface area contributed by atoms with Crippen LogP contribution >= 0.6 is 11.8 Å². The molecule has 37 heavy (non-hydrogen) atoms. The van der Waals surface area contributed by atoms with Crippen LogP contribution in [0.1, 0.15) is 89.9 Å². The van der Waals surface area contributed by atoms with Gasteiger partial charge in [-0.05, 0) is 38.5 Å². The molecule has 11 heteroatoms. The molecule has 3 fully saturated rings. The Labute approximate surface area is 223 Å². The fraction of sp³-hybridized carbons (Fsp3) is 0.808. The summed E-state index contributed by atoms with van der Waals surface area (Å²) in [6.45, 7) is 1.99. The van der Waals surface area contributed by atoms with E-state index in [1.54, 1.807) is 0 Å². The van der Waals surface area contributed by atoms with Crippen molar-refractivity contribution in [3.8, 4) is 0 Å². The topological polar surface area (TPSA) is 134 Å². The maximum atomic E-state index is 12.0. The summed E-state index contributed by atoms with van der Waals surface area (Å²) >= 11 is 1.90. The van der Waals surface area contributed by atoms with Crippen LogP contribution in [0.25, 0.3) is 0 Å². The summed E-state index contributed by atoms with van der Waals surface area (Å²) in [5, 5.41) is 10.9. The molecule has 0 aromatic rings. The van der Waals surface area contributed by atoms with Crippen LogP contribution in [0.2, 0.25) is 0 Å². The van der Waals surface area contributed by atoms with Crippen LogP contribution < -0.4 is 16.0 Å². The van der Waals surface area contributed by atoms with E-state index in [0.717, 1.165) is 70.0 Å². The predicted molar refractivity (Wildman–Crippen MR) is 141 cm³/mol. The molecule has 1 unspecified atom stereocenters. The van der Waals surface area contributed by atoms with E-state index in [1.165, 1.54) is 5.06 Å². The quantitative estimate of drug-likeness (QED) is 0.138. The maximum Gasteiger partial charge on any atom is 0.393 e. The molecule has 3 rings (SSSR count). The van der Waals surface area contributed by atoms with Gasteiger partial charge in [-0.2, -0.15) is 11.8 Å². The van der Waals surface area contributed by atoms with Crippen molar-refractivity contribution in [1.82, 2.24) is 21.0 Å². The fourth-order valence-electron chi connectivity index (χ4n) is 5.00. The Morgan fingerprint density at radius 2 is 1.62 bits per heavy atom. The number of hydrogen-bond acceptors (Lipinski definition) is 8. The molecule has 0 bridgehead atoms. The second-order valence-electron chi connectivity index (χ2n) is 10.2. The molecule has 0 saturated carbocycles. The first-order valence-electron chi connectivity index (χ1n) is 13.9. The normalized spacial score (nSPS) is 22.8. The number of rotatable bonds is 18. The van der Waals surface area contributed by atoms with E-state index in [4.69, 9.17) is 4.84 Å². The number of Topliss-reactive ketones (excluding diaryl/α,β-unsaturated/α-hetero) is 2. The highest BCUT2D eigenvalue weighted by Gasteiger charge is 2.42. The molecule has 3 aliphatic rings. The van der Waals surface area contributed by atoms with Crippen molar-refractivity contribution in [2.24, 2.45) is 0 Å². The lowest BCUT2D eigenvalue weighted by Gasteiger charge is -2.16. The van der Waals surface area contributed by atoms with Gasteiger partial charge in [-0.3, -0.25) is 14.4 Å². The third-order valence-electron chi connectivity index (χ3n) is 7.17. The molecule has 0 aromatic carbocycles. The average Bonchev–Trinajstić information content (AvgIpc) is 3.60. The Kier molecular flexibility index (Phi) is 12.7. The van der Waals surface area contributed by atoms with E-state index in [2.05, 4.69) is 16.0 Å². The molecule has 3 atom stereocenters. The predicted octanol–water partition coefficient (Wildman–Crippen LogP) is 2.64. The molecule has 0 aromatic heterocycles. The Hall–Kier alpha value is -2.14. The molecule has 208 valence electrons. The van der Waals surface area contributed by atoms with Crippen molar-refractivity contribution < 1.29 is 28.8 Å². The van der Waals surface area contributed by atoms with Gasteiger partial charge in [-0.25, -0.2) is 9.59 Å². The van der Waals surface area contributed by atoms with Crippen molar-refractivity contribution in [1.29, 1.82) is 0 Å². The molecule has 3 aliphatic heterocycles.